The zero-order chi connectivity index (χ0) is 13.8. The van der Waals surface area contributed by atoms with Crippen LogP contribution in [0.1, 0.15) is 26.2 Å². The first-order valence-corrected chi connectivity index (χ1v) is 4.97. The van der Waals surface area contributed by atoms with Crippen molar-refractivity contribution >= 4 is 24.0 Å². The maximum Gasteiger partial charge on any atom is 0.350 e. The highest BCUT2D eigenvalue weighted by molar-refractivity contribution is 6.34. The molecule has 1 atom stereocenters. The van der Waals surface area contributed by atoms with Crippen LogP contribution < -0.4 is 5.73 Å². The molecule has 3 N–H and O–H groups in total. The number of hydrogen-bond acceptors (Lipinski definition) is 8. The van der Waals surface area contributed by atoms with Gasteiger partial charge in [0.2, 0.25) is 11.3 Å². The van der Waals surface area contributed by atoms with Gasteiger partial charge in [0, 0.05) is 0 Å². The van der Waals surface area contributed by atoms with Crippen LogP contribution in [0.4, 0.5) is 6.01 Å². The zero-order valence-electron chi connectivity index (χ0n) is 9.78. The predicted molar refractivity (Wildman–Crippen MR) is 58.7 cm³/mol. The third-order valence-corrected chi connectivity index (χ3v) is 2.24. The van der Waals surface area contributed by atoms with Crippen LogP contribution in [0, 0.1) is 0 Å². The molecule has 9 heteroatoms. The molecular formula is C9H12N4O5. The second-order valence-corrected chi connectivity index (χ2v) is 3.52. The third-order valence-electron chi connectivity index (χ3n) is 2.24. The number of carboxylic acids is 1. The van der Waals surface area contributed by atoms with Gasteiger partial charge in [-0.25, -0.2) is 4.79 Å². The minimum absolute atomic E-state index is 0.157. The predicted octanol–water partition coefficient (Wildman–Crippen LogP) is -0.175. The topological polar surface area (TPSA) is 141 Å². The van der Waals surface area contributed by atoms with Crippen LogP contribution >= 0.6 is 0 Å². The van der Waals surface area contributed by atoms with E-state index in [2.05, 4.69) is 15.4 Å². The number of nitrogen functional groups attached to an aromatic ring is 1. The summed E-state index contributed by atoms with van der Waals surface area (Å²) in [7, 11) is 0. The Bertz CT molecular complexity index is 483. The Morgan fingerprint density at radius 3 is 2.72 bits per heavy atom. The molecule has 18 heavy (non-hydrogen) atoms. The molecule has 1 rings (SSSR count). The normalized spacial score (nSPS) is 14.9. The third kappa shape index (κ3) is 2.81. The molecule has 98 valence electrons. The highest BCUT2D eigenvalue weighted by Gasteiger charge is 2.34. The number of nitrogens with two attached hydrogens (primary N) is 1. The Hall–Kier alpha value is -2.45. The summed E-state index contributed by atoms with van der Waals surface area (Å²) in [6.45, 7) is 2.93. The van der Waals surface area contributed by atoms with E-state index in [1.807, 2.05) is 0 Å². The van der Waals surface area contributed by atoms with E-state index in [-0.39, 0.29) is 24.0 Å². The summed E-state index contributed by atoms with van der Waals surface area (Å²) in [5, 5.41) is 19.1. The molecular weight excluding hydrogens is 244 g/mol. The first kappa shape index (κ1) is 13.6. The molecule has 0 aliphatic carbocycles. The molecule has 0 saturated heterocycles. The fraction of sp³-hybridized carbons (Fsp3) is 0.444. The second kappa shape index (κ2) is 5.25. The van der Waals surface area contributed by atoms with Crippen LogP contribution in [-0.2, 0) is 14.4 Å². The molecule has 0 aliphatic rings. The van der Waals surface area contributed by atoms with Crippen molar-refractivity contribution in [1.82, 2.24) is 10.2 Å². The molecule has 1 heterocycles. The molecule has 1 aromatic rings. The number of anilines is 1. The lowest BCUT2D eigenvalue weighted by Gasteiger charge is -2.19. The van der Waals surface area contributed by atoms with Crippen molar-refractivity contribution in [2.24, 2.45) is 5.16 Å². The standard InChI is InChI=1S/C9H12N4O5/c1-3-9(2,7(15)16)18-13-5(4-14)6-11-12-8(10)17-6/h4H,3H2,1-2H3,(H2,10,12)(H,15,16). The van der Waals surface area contributed by atoms with Crippen LogP contribution in [0.3, 0.4) is 0 Å². The molecule has 0 amide bonds. The van der Waals surface area contributed by atoms with Crippen LogP contribution in [0.2, 0.25) is 0 Å². The highest BCUT2D eigenvalue weighted by atomic mass is 16.7. The SMILES string of the molecule is CCC(C)(ON=C(C=O)c1nnc(N)o1)C(=O)O. The summed E-state index contributed by atoms with van der Waals surface area (Å²) in [6.07, 6.45) is 0.453. The molecule has 9 nitrogen and oxygen atoms in total. The molecule has 0 saturated carbocycles. The van der Waals surface area contributed by atoms with Gasteiger partial charge in [-0.15, -0.1) is 5.10 Å². The Balaban J connectivity index is 2.93. The van der Waals surface area contributed by atoms with Crippen LogP contribution in [0.25, 0.3) is 0 Å². The molecule has 1 unspecified atom stereocenters. The van der Waals surface area contributed by atoms with Gasteiger partial charge in [-0.1, -0.05) is 17.2 Å². The Labute approximate surface area is 102 Å². The fourth-order valence-electron chi connectivity index (χ4n) is 0.854. The monoisotopic (exact) mass is 256 g/mol. The molecule has 0 aromatic carbocycles. The molecule has 0 fully saturated rings. The number of nitrogens with zero attached hydrogens (tertiary/aromatic N) is 3. The molecule has 0 bridgehead atoms. The van der Waals surface area contributed by atoms with E-state index < -0.39 is 11.6 Å². The first-order valence-electron chi connectivity index (χ1n) is 4.97. The molecule has 0 radical (unpaired) electrons. The van der Waals surface area contributed by atoms with Gasteiger partial charge in [-0.05, 0) is 13.3 Å². The lowest BCUT2D eigenvalue weighted by molar-refractivity contribution is -0.164. The second-order valence-electron chi connectivity index (χ2n) is 3.52. The minimum atomic E-state index is -1.54. The quantitative estimate of drug-likeness (QED) is 0.405. The van der Waals surface area contributed by atoms with Gasteiger partial charge < -0.3 is 20.1 Å². The highest BCUT2D eigenvalue weighted by Crippen LogP contribution is 2.16. The lowest BCUT2D eigenvalue weighted by atomic mass is 10.1. The van der Waals surface area contributed by atoms with Crippen LogP contribution in [-0.4, -0.2) is 38.9 Å². The smallest absolute Gasteiger partial charge is 0.350 e. The Morgan fingerprint density at radius 1 is 1.67 bits per heavy atom. The van der Waals surface area contributed by atoms with Gasteiger partial charge in [-0.2, -0.15) is 0 Å². The summed E-state index contributed by atoms with van der Waals surface area (Å²) < 4.78 is 4.76. The van der Waals surface area contributed by atoms with Crippen molar-refractivity contribution in [3.8, 4) is 0 Å². The van der Waals surface area contributed by atoms with E-state index in [0.29, 0.717) is 6.29 Å². The number of carbonyl (C=O) groups is 2. The van der Waals surface area contributed by atoms with Gasteiger partial charge in [-0.3, -0.25) is 4.79 Å². The number of carboxylic acid groups (broad SMARTS) is 1. The number of rotatable bonds is 6. The minimum Gasteiger partial charge on any atom is -0.478 e. The average molecular weight is 256 g/mol. The Morgan fingerprint density at radius 2 is 2.33 bits per heavy atom. The van der Waals surface area contributed by atoms with Gasteiger partial charge >= 0.3 is 12.0 Å². The van der Waals surface area contributed by atoms with Gasteiger partial charge in [0.25, 0.3) is 5.89 Å². The average Bonchev–Trinajstić information content (AvgIpc) is 2.76. The summed E-state index contributed by atoms with van der Waals surface area (Å²) in [5.41, 5.74) is 3.31. The van der Waals surface area contributed by atoms with E-state index in [4.69, 9.17) is 20.1 Å². The van der Waals surface area contributed by atoms with Crippen LogP contribution in [0.15, 0.2) is 9.57 Å². The summed E-state index contributed by atoms with van der Waals surface area (Å²) in [6, 6.07) is -0.240. The first-order chi connectivity index (χ1) is 8.42. The van der Waals surface area contributed by atoms with E-state index in [1.54, 1.807) is 6.92 Å². The van der Waals surface area contributed by atoms with Gasteiger partial charge in [0.1, 0.15) is 0 Å². The van der Waals surface area contributed by atoms with E-state index in [1.165, 1.54) is 6.92 Å². The lowest BCUT2D eigenvalue weighted by Crippen LogP contribution is -2.36. The van der Waals surface area contributed by atoms with Crippen molar-refractivity contribution in [2.45, 2.75) is 25.9 Å². The number of oxime groups is 1. The van der Waals surface area contributed by atoms with Crippen LogP contribution in [0.5, 0.6) is 0 Å². The van der Waals surface area contributed by atoms with Crippen molar-refractivity contribution in [2.75, 3.05) is 5.73 Å². The number of aliphatic carboxylic acids is 1. The number of carbonyl (C=O) groups excluding carboxylic acids is 1. The van der Waals surface area contributed by atoms with Crippen molar-refractivity contribution in [1.29, 1.82) is 0 Å². The number of aldehydes is 1. The van der Waals surface area contributed by atoms with Gasteiger partial charge in [0.05, 0.1) is 0 Å². The van der Waals surface area contributed by atoms with Crippen molar-refractivity contribution in [3.63, 3.8) is 0 Å². The maximum absolute atomic E-state index is 10.9. The molecule has 1 aromatic heterocycles. The summed E-state index contributed by atoms with van der Waals surface area (Å²) in [5.74, 6) is -1.45. The molecule has 0 spiro atoms. The van der Waals surface area contributed by atoms with E-state index in [0.717, 1.165) is 0 Å². The number of aromatic nitrogens is 2. The zero-order valence-corrected chi connectivity index (χ0v) is 9.78. The van der Waals surface area contributed by atoms with Crippen molar-refractivity contribution < 1.29 is 24.0 Å². The summed E-state index contributed by atoms with van der Waals surface area (Å²) >= 11 is 0. The maximum atomic E-state index is 10.9. The Kier molecular flexibility index (Phi) is 3.97. The number of hydrogen-bond donors (Lipinski definition) is 2. The molecule has 0 aliphatic heterocycles. The van der Waals surface area contributed by atoms with E-state index >= 15 is 0 Å². The van der Waals surface area contributed by atoms with Gasteiger partial charge in [0.15, 0.2) is 6.29 Å². The van der Waals surface area contributed by atoms with Crippen molar-refractivity contribution in [3.05, 3.63) is 5.89 Å². The van der Waals surface area contributed by atoms with E-state index in [9.17, 15) is 9.59 Å². The summed E-state index contributed by atoms with van der Waals surface area (Å²) in [4.78, 5) is 26.5. The fourth-order valence-corrected chi connectivity index (χ4v) is 0.854. The largest absolute Gasteiger partial charge is 0.478 e.